The highest BCUT2D eigenvalue weighted by atomic mass is 32.1. The van der Waals surface area contributed by atoms with Gasteiger partial charge in [-0.1, -0.05) is 12.1 Å². The van der Waals surface area contributed by atoms with Crippen LogP contribution in [0.25, 0.3) is 0 Å². The molecule has 2 rings (SSSR count). The second-order valence-electron chi connectivity index (χ2n) is 5.26. The van der Waals surface area contributed by atoms with Gasteiger partial charge >= 0.3 is 6.18 Å². The third-order valence-electron chi connectivity index (χ3n) is 3.25. The van der Waals surface area contributed by atoms with Crippen LogP contribution in [0.4, 0.5) is 17.6 Å². The van der Waals surface area contributed by atoms with E-state index in [1.54, 1.807) is 19.1 Å². The summed E-state index contributed by atoms with van der Waals surface area (Å²) in [6, 6.07) is 4.87. The van der Waals surface area contributed by atoms with Gasteiger partial charge in [0.25, 0.3) is 0 Å². The number of alkyl halides is 3. The van der Waals surface area contributed by atoms with Crippen LogP contribution in [-0.4, -0.2) is 17.5 Å². The highest BCUT2D eigenvalue weighted by Gasteiger charge is 2.33. The Morgan fingerprint density at radius 3 is 2.64 bits per heavy atom. The molecular weight excluding hydrogens is 356 g/mol. The number of nitrogens with one attached hydrogen (secondary N) is 2. The summed E-state index contributed by atoms with van der Waals surface area (Å²) in [4.78, 5) is 7.86. The van der Waals surface area contributed by atoms with Crippen molar-refractivity contribution in [3.8, 4) is 0 Å². The molecule has 1 aromatic carbocycles. The Morgan fingerprint density at radius 2 is 2.04 bits per heavy atom. The maximum atomic E-state index is 13.5. The Hall–Kier alpha value is -2.16. The van der Waals surface area contributed by atoms with Crippen molar-refractivity contribution in [3.63, 3.8) is 0 Å². The number of rotatable bonds is 5. The molecule has 0 fully saturated rings. The number of aromatic nitrogens is 1. The number of hydrogen-bond donors (Lipinski definition) is 2. The molecule has 0 unspecified atom stereocenters. The molecule has 0 bridgehead atoms. The Morgan fingerprint density at radius 1 is 1.28 bits per heavy atom. The standard InChI is InChI=1S/C16H18F4N4S/c1-3-21-15(22-7-11-5-4-10(2)12(17)6-11)23-8-14-24-13(9-25-14)16(18,19)20/h4-6,9H,3,7-8H2,1-2H3,(H2,21,22,23). The third kappa shape index (κ3) is 5.70. The average molecular weight is 374 g/mol. The average Bonchev–Trinajstić information content (AvgIpc) is 3.02. The molecule has 25 heavy (non-hydrogen) atoms. The van der Waals surface area contributed by atoms with Crippen LogP contribution in [0.1, 0.15) is 28.8 Å². The highest BCUT2D eigenvalue weighted by molar-refractivity contribution is 7.09. The molecule has 0 saturated carbocycles. The summed E-state index contributed by atoms with van der Waals surface area (Å²) in [5.41, 5.74) is 0.363. The van der Waals surface area contributed by atoms with Crippen LogP contribution in [0, 0.1) is 12.7 Å². The van der Waals surface area contributed by atoms with Gasteiger partial charge in [0.15, 0.2) is 11.7 Å². The summed E-state index contributed by atoms with van der Waals surface area (Å²) < 4.78 is 51.2. The van der Waals surface area contributed by atoms with Crippen LogP contribution in [0.2, 0.25) is 0 Å². The fraction of sp³-hybridized carbons (Fsp3) is 0.375. The van der Waals surface area contributed by atoms with Gasteiger partial charge in [0.05, 0.1) is 13.1 Å². The van der Waals surface area contributed by atoms with Crippen molar-refractivity contribution >= 4 is 17.3 Å². The first-order valence-corrected chi connectivity index (χ1v) is 8.46. The molecule has 1 aromatic heterocycles. The minimum atomic E-state index is -4.44. The lowest BCUT2D eigenvalue weighted by Crippen LogP contribution is -2.36. The molecule has 0 saturated heterocycles. The number of aliphatic imine (C=N–C) groups is 1. The van der Waals surface area contributed by atoms with E-state index >= 15 is 0 Å². The summed E-state index contributed by atoms with van der Waals surface area (Å²) in [5, 5.41) is 7.20. The lowest BCUT2D eigenvalue weighted by molar-refractivity contribution is -0.140. The van der Waals surface area contributed by atoms with Crippen molar-refractivity contribution in [2.75, 3.05) is 6.54 Å². The van der Waals surface area contributed by atoms with Gasteiger partial charge in [0.2, 0.25) is 0 Å². The van der Waals surface area contributed by atoms with E-state index in [1.165, 1.54) is 6.07 Å². The van der Waals surface area contributed by atoms with Gasteiger partial charge in [0, 0.05) is 11.9 Å². The monoisotopic (exact) mass is 374 g/mol. The number of guanidine groups is 1. The topological polar surface area (TPSA) is 49.3 Å². The first-order valence-electron chi connectivity index (χ1n) is 7.58. The smallest absolute Gasteiger partial charge is 0.357 e. The van der Waals surface area contributed by atoms with E-state index in [0.717, 1.165) is 16.7 Å². The largest absolute Gasteiger partial charge is 0.434 e. The fourth-order valence-electron chi connectivity index (χ4n) is 1.93. The molecule has 136 valence electrons. The number of aryl methyl sites for hydroxylation is 1. The summed E-state index contributed by atoms with van der Waals surface area (Å²) >= 11 is 0.929. The third-order valence-corrected chi connectivity index (χ3v) is 4.10. The molecule has 0 amide bonds. The second kappa shape index (κ2) is 8.28. The van der Waals surface area contributed by atoms with Crippen LogP contribution in [-0.2, 0) is 19.3 Å². The molecule has 2 N–H and O–H groups in total. The Kier molecular flexibility index (Phi) is 6.35. The van der Waals surface area contributed by atoms with Crippen LogP contribution in [0.5, 0.6) is 0 Å². The second-order valence-corrected chi connectivity index (χ2v) is 6.20. The molecule has 0 aliphatic heterocycles. The van der Waals surface area contributed by atoms with E-state index in [4.69, 9.17) is 0 Å². The summed E-state index contributed by atoms with van der Waals surface area (Å²) in [5.74, 6) is 0.125. The molecule has 4 nitrogen and oxygen atoms in total. The zero-order valence-electron chi connectivity index (χ0n) is 13.7. The Bertz CT molecular complexity index is 740. The summed E-state index contributed by atoms with van der Waals surface area (Å²) in [6.07, 6.45) is -4.44. The fourth-order valence-corrected chi connectivity index (χ4v) is 2.67. The van der Waals surface area contributed by atoms with Gasteiger partial charge in [-0.2, -0.15) is 13.2 Å². The van der Waals surface area contributed by atoms with Gasteiger partial charge in [-0.05, 0) is 31.0 Å². The van der Waals surface area contributed by atoms with Crippen molar-refractivity contribution in [1.29, 1.82) is 0 Å². The van der Waals surface area contributed by atoms with Gasteiger partial charge in [-0.3, -0.25) is 0 Å². The number of halogens is 4. The van der Waals surface area contributed by atoms with Crippen LogP contribution >= 0.6 is 11.3 Å². The lowest BCUT2D eigenvalue weighted by Gasteiger charge is -2.10. The number of nitrogens with zero attached hydrogens (tertiary/aromatic N) is 2. The maximum Gasteiger partial charge on any atom is 0.434 e. The first-order chi connectivity index (χ1) is 11.8. The van der Waals surface area contributed by atoms with Crippen LogP contribution < -0.4 is 10.6 Å². The molecule has 0 aliphatic rings. The Labute approximate surface area is 147 Å². The van der Waals surface area contributed by atoms with E-state index in [9.17, 15) is 17.6 Å². The predicted octanol–water partition coefficient (Wildman–Crippen LogP) is 3.86. The van der Waals surface area contributed by atoms with E-state index in [1.807, 2.05) is 6.92 Å². The summed E-state index contributed by atoms with van der Waals surface area (Å²) in [7, 11) is 0. The minimum Gasteiger partial charge on any atom is -0.357 e. The van der Waals surface area contributed by atoms with E-state index < -0.39 is 11.9 Å². The van der Waals surface area contributed by atoms with Crippen molar-refractivity contribution in [1.82, 2.24) is 15.6 Å². The van der Waals surface area contributed by atoms with Crippen molar-refractivity contribution in [2.24, 2.45) is 4.99 Å². The number of thiazole rings is 1. The van der Waals surface area contributed by atoms with Gasteiger partial charge in [-0.15, -0.1) is 11.3 Å². The van der Waals surface area contributed by atoms with E-state index in [0.29, 0.717) is 28.6 Å². The van der Waals surface area contributed by atoms with Gasteiger partial charge in [0.1, 0.15) is 10.8 Å². The first kappa shape index (κ1) is 19.2. The highest BCUT2D eigenvalue weighted by Crippen LogP contribution is 2.29. The maximum absolute atomic E-state index is 13.5. The van der Waals surface area contributed by atoms with E-state index in [2.05, 4.69) is 20.6 Å². The molecule has 0 atom stereocenters. The van der Waals surface area contributed by atoms with Crippen molar-refractivity contribution in [3.05, 3.63) is 51.2 Å². The van der Waals surface area contributed by atoms with Crippen LogP contribution in [0.15, 0.2) is 28.6 Å². The molecule has 2 aromatic rings. The zero-order chi connectivity index (χ0) is 18.4. The van der Waals surface area contributed by atoms with Gasteiger partial charge < -0.3 is 10.6 Å². The quantitative estimate of drug-likeness (QED) is 0.475. The molecule has 0 radical (unpaired) electrons. The molecule has 0 aliphatic carbocycles. The zero-order valence-corrected chi connectivity index (χ0v) is 14.6. The molecule has 1 heterocycles. The molecule has 9 heteroatoms. The lowest BCUT2D eigenvalue weighted by atomic mass is 10.1. The van der Waals surface area contributed by atoms with Gasteiger partial charge in [-0.25, -0.2) is 14.4 Å². The Balaban J connectivity index is 1.99. The number of benzene rings is 1. The number of hydrogen-bond acceptors (Lipinski definition) is 3. The summed E-state index contributed by atoms with van der Waals surface area (Å²) in [6.45, 7) is 4.50. The van der Waals surface area contributed by atoms with Crippen molar-refractivity contribution in [2.45, 2.75) is 33.1 Å². The normalized spacial score (nSPS) is 12.3. The molecular formula is C16H18F4N4S. The van der Waals surface area contributed by atoms with Crippen molar-refractivity contribution < 1.29 is 17.6 Å². The molecule has 0 spiro atoms. The SMILES string of the molecule is CCNC(=NCc1ccc(C)c(F)c1)NCc1nc(C(F)(F)F)cs1. The predicted molar refractivity (Wildman–Crippen MR) is 89.9 cm³/mol. The van der Waals surface area contributed by atoms with E-state index in [-0.39, 0.29) is 18.9 Å². The van der Waals surface area contributed by atoms with Crippen LogP contribution in [0.3, 0.4) is 0 Å². The minimum absolute atomic E-state index is 0.120.